The molecule has 71 heavy (non-hydrogen) atoms. The molecule has 2 atom stereocenters. The topological polar surface area (TPSA) is 111 Å². The molecule has 0 aliphatic carbocycles. The summed E-state index contributed by atoms with van der Waals surface area (Å²) in [4.78, 5) is 37.3. The van der Waals surface area contributed by atoms with Crippen molar-refractivity contribution < 1.29 is 42.9 Å². The molecule has 0 aromatic heterocycles. The molecule has 2 unspecified atom stereocenters. The Bertz CT molecular complexity index is 1390. The van der Waals surface area contributed by atoms with Crippen LogP contribution >= 0.6 is 0 Å². The van der Waals surface area contributed by atoms with Gasteiger partial charge in [-0.2, -0.15) is 0 Å². The summed E-state index contributed by atoms with van der Waals surface area (Å²) in [5, 5.41) is 11.8. The normalized spacial score (nSPS) is 13.3. The molecule has 0 aromatic rings. The summed E-state index contributed by atoms with van der Waals surface area (Å²) in [6.07, 6.45) is 65.1. The zero-order chi connectivity index (χ0) is 52.0. The van der Waals surface area contributed by atoms with E-state index in [1.54, 1.807) is 0 Å². The van der Waals surface area contributed by atoms with Gasteiger partial charge < -0.3 is 33.3 Å². The van der Waals surface area contributed by atoms with E-state index in [2.05, 4.69) is 86.8 Å². The number of aliphatic carboxylic acids is 1. The van der Waals surface area contributed by atoms with Gasteiger partial charge in [0.05, 0.1) is 40.3 Å². The molecule has 9 heteroatoms. The molecule has 0 saturated heterocycles. The van der Waals surface area contributed by atoms with Crippen molar-refractivity contribution in [3.8, 4) is 0 Å². The fourth-order valence-corrected chi connectivity index (χ4v) is 7.97. The van der Waals surface area contributed by atoms with Gasteiger partial charge in [-0.15, -0.1) is 0 Å². The molecule has 0 aliphatic heterocycles. The first-order valence-corrected chi connectivity index (χ1v) is 29.1. The SMILES string of the molecule is CC/C=C\C/C=C\C/C=C\C/C=C\CCCCCCCCCCCCCCC(=O)OC(COC(=O)CCCCCCCCCCC/C=C\C/C=C\CCCCCCC)COC(OCC[N+](C)(C)C)C(=O)[O-]. The summed E-state index contributed by atoms with van der Waals surface area (Å²) >= 11 is 0. The van der Waals surface area contributed by atoms with Crippen LogP contribution in [0.5, 0.6) is 0 Å². The van der Waals surface area contributed by atoms with Crippen molar-refractivity contribution in [1.29, 1.82) is 0 Å². The minimum atomic E-state index is -1.63. The molecule has 0 aliphatic rings. The van der Waals surface area contributed by atoms with E-state index in [0.717, 1.165) is 70.6 Å². The number of carboxylic acids is 1. The summed E-state index contributed by atoms with van der Waals surface area (Å²) in [5.74, 6) is -2.29. The first kappa shape index (κ1) is 67.7. The van der Waals surface area contributed by atoms with E-state index in [9.17, 15) is 19.5 Å². The van der Waals surface area contributed by atoms with Gasteiger partial charge in [0.1, 0.15) is 13.2 Å². The van der Waals surface area contributed by atoms with E-state index in [1.165, 1.54) is 141 Å². The predicted molar refractivity (Wildman–Crippen MR) is 297 cm³/mol. The summed E-state index contributed by atoms with van der Waals surface area (Å²) in [6.45, 7) is 4.63. The highest BCUT2D eigenvalue weighted by Gasteiger charge is 2.22. The van der Waals surface area contributed by atoms with Crippen LogP contribution in [-0.2, 0) is 33.3 Å². The van der Waals surface area contributed by atoms with Crippen LogP contribution in [0, 0.1) is 0 Å². The van der Waals surface area contributed by atoms with Crippen LogP contribution in [0.3, 0.4) is 0 Å². The van der Waals surface area contributed by atoms with Gasteiger partial charge in [-0.3, -0.25) is 9.59 Å². The molecule has 0 heterocycles. The van der Waals surface area contributed by atoms with Crippen molar-refractivity contribution in [3.63, 3.8) is 0 Å². The Balaban J connectivity index is 4.26. The largest absolute Gasteiger partial charge is 0.545 e. The van der Waals surface area contributed by atoms with Gasteiger partial charge in [-0.1, -0.05) is 222 Å². The Morgan fingerprint density at radius 2 is 0.803 bits per heavy atom. The number of carbonyl (C=O) groups is 3. The van der Waals surface area contributed by atoms with Crippen molar-refractivity contribution >= 4 is 17.9 Å². The average Bonchev–Trinajstić information content (AvgIpc) is 3.34. The maximum Gasteiger partial charge on any atom is 0.306 e. The maximum absolute atomic E-state index is 12.9. The fraction of sp³-hybridized carbons (Fsp3) is 0.758. The molecule has 0 spiro atoms. The first-order chi connectivity index (χ1) is 34.6. The number of carbonyl (C=O) groups excluding carboxylic acids is 3. The van der Waals surface area contributed by atoms with Crippen LogP contribution in [0.25, 0.3) is 0 Å². The van der Waals surface area contributed by atoms with Crippen LogP contribution in [0.4, 0.5) is 0 Å². The molecule has 0 rings (SSSR count). The number of ether oxygens (including phenoxy) is 4. The highest BCUT2D eigenvalue weighted by molar-refractivity contribution is 5.70. The third-order valence-corrected chi connectivity index (χ3v) is 12.4. The van der Waals surface area contributed by atoms with E-state index in [0.29, 0.717) is 17.4 Å². The van der Waals surface area contributed by atoms with Crippen LogP contribution in [0.1, 0.15) is 245 Å². The third kappa shape index (κ3) is 54.3. The Kier molecular flexibility index (Phi) is 50.6. The second kappa shape index (κ2) is 53.0. The van der Waals surface area contributed by atoms with Crippen LogP contribution < -0.4 is 5.11 Å². The van der Waals surface area contributed by atoms with Gasteiger partial charge in [0.15, 0.2) is 12.4 Å². The van der Waals surface area contributed by atoms with Crippen molar-refractivity contribution in [2.24, 2.45) is 0 Å². The molecule has 0 aromatic carbocycles. The van der Waals surface area contributed by atoms with Crippen molar-refractivity contribution in [2.75, 3.05) is 47.5 Å². The van der Waals surface area contributed by atoms with Gasteiger partial charge in [0, 0.05) is 12.8 Å². The lowest BCUT2D eigenvalue weighted by atomic mass is 10.0. The quantitative estimate of drug-likeness (QED) is 0.0195. The van der Waals surface area contributed by atoms with Gasteiger partial charge in [-0.05, 0) is 83.5 Å². The predicted octanol–water partition coefficient (Wildman–Crippen LogP) is 15.7. The van der Waals surface area contributed by atoms with Crippen LogP contribution in [0.2, 0.25) is 0 Å². The Hall–Kier alpha value is -3.27. The molecular formula is C62H109NO8. The van der Waals surface area contributed by atoms with E-state index in [1.807, 2.05) is 21.1 Å². The Morgan fingerprint density at radius 1 is 0.437 bits per heavy atom. The smallest absolute Gasteiger partial charge is 0.306 e. The molecule has 9 nitrogen and oxygen atoms in total. The number of esters is 2. The number of hydrogen-bond donors (Lipinski definition) is 0. The minimum absolute atomic E-state index is 0.144. The number of likely N-dealkylation sites (N-methyl/N-ethyl adjacent to an activating group) is 1. The third-order valence-electron chi connectivity index (χ3n) is 12.4. The molecule has 0 bridgehead atoms. The Labute approximate surface area is 437 Å². The van der Waals surface area contributed by atoms with Crippen LogP contribution in [0.15, 0.2) is 72.9 Å². The number of allylic oxidation sites excluding steroid dienone is 12. The van der Waals surface area contributed by atoms with Gasteiger partial charge in [0.2, 0.25) is 0 Å². The summed E-state index contributed by atoms with van der Waals surface area (Å²) in [7, 11) is 5.92. The lowest BCUT2D eigenvalue weighted by molar-refractivity contribution is -0.870. The lowest BCUT2D eigenvalue weighted by Crippen LogP contribution is -2.44. The number of nitrogens with zero attached hydrogens (tertiary/aromatic N) is 1. The van der Waals surface area contributed by atoms with E-state index < -0.39 is 24.3 Å². The molecule has 0 radical (unpaired) electrons. The van der Waals surface area contributed by atoms with E-state index in [-0.39, 0.29) is 38.6 Å². The first-order valence-electron chi connectivity index (χ1n) is 29.1. The second-order valence-corrected chi connectivity index (χ2v) is 20.5. The Morgan fingerprint density at radius 3 is 1.20 bits per heavy atom. The zero-order valence-electron chi connectivity index (χ0n) is 46.6. The number of unbranched alkanes of at least 4 members (excludes halogenated alkanes) is 26. The van der Waals surface area contributed by atoms with Crippen molar-refractivity contribution in [1.82, 2.24) is 0 Å². The summed E-state index contributed by atoms with van der Waals surface area (Å²) < 4.78 is 22.7. The van der Waals surface area contributed by atoms with E-state index >= 15 is 0 Å². The molecule has 0 saturated carbocycles. The number of hydrogen-bond acceptors (Lipinski definition) is 8. The highest BCUT2D eigenvalue weighted by Crippen LogP contribution is 2.16. The maximum atomic E-state index is 12.9. The fourth-order valence-electron chi connectivity index (χ4n) is 7.97. The monoisotopic (exact) mass is 996 g/mol. The zero-order valence-corrected chi connectivity index (χ0v) is 46.6. The summed E-state index contributed by atoms with van der Waals surface area (Å²) in [5.41, 5.74) is 0. The minimum Gasteiger partial charge on any atom is -0.545 e. The molecule has 410 valence electrons. The van der Waals surface area contributed by atoms with Gasteiger partial charge in [-0.25, -0.2) is 0 Å². The average molecular weight is 997 g/mol. The standard InChI is InChI=1S/C62H109NO8/c1-6-8-10-12-14-16-18-20-22-24-26-28-29-30-31-33-35-37-39-41-43-45-47-49-51-53-60(65)71-58(57-70-62(61(66)67)68-55-54-63(3,4)5)56-69-59(64)52-50-48-46-44-42-40-38-36-34-32-27-25-23-21-19-17-15-13-11-9-7-2/h8,10,14,16,19-22,25-28,58,62H,6-7,9,11-13,15,17-18,23-24,29-57H2,1-5H3/b10-8-,16-14-,21-19-,22-20-,27-25-,28-26-. The molecule has 0 fully saturated rings. The van der Waals surface area contributed by atoms with Crippen molar-refractivity contribution in [2.45, 2.75) is 257 Å². The number of carboxylic acid groups (broad SMARTS) is 1. The number of rotatable bonds is 53. The molecule has 0 N–H and O–H groups in total. The van der Waals surface area contributed by atoms with Crippen molar-refractivity contribution in [3.05, 3.63) is 72.9 Å². The summed E-state index contributed by atoms with van der Waals surface area (Å²) in [6, 6.07) is 0. The number of quaternary nitrogens is 1. The van der Waals surface area contributed by atoms with Gasteiger partial charge in [0.25, 0.3) is 0 Å². The van der Waals surface area contributed by atoms with Gasteiger partial charge >= 0.3 is 11.9 Å². The second-order valence-electron chi connectivity index (χ2n) is 20.5. The lowest BCUT2D eigenvalue weighted by Gasteiger charge is -2.26. The molecular weight excluding hydrogens is 887 g/mol. The highest BCUT2D eigenvalue weighted by atomic mass is 16.7. The molecule has 0 amide bonds. The van der Waals surface area contributed by atoms with E-state index in [4.69, 9.17) is 18.9 Å². The van der Waals surface area contributed by atoms with Crippen LogP contribution in [-0.4, -0.2) is 82.3 Å².